The van der Waals surface area contributed by atoms with Crippen molar-refractivity contribution in [3.8, 4) is 0 Å². The summed E-state index contributed by atoms with van der Waals surface area (Å²) in [7, 11) is 2.26. The van der Waals surface area contributed by atoms with Gasteiger partial charge in [-0.05, 0) is 31.9 Å². The van der Waals surface area contributed by atoms with Gasteiger partial charge in [-0.3, -0.25) is 4.90 Å². The van der Waals surface area contributed by atoms with Gasteiger partial charge in [0, 0.05) is 24.2 Å². The van der Waals surface area contributed by atoms with Crippen molar-refractivity contribution in [2.45, 2.75) is 71.6 Å². The van der Waals surface area contributed by atoms with Gasteiger partial charge in [-0.25, -0.2) is 0 Å². The molecular weight excluding hydrogens is 248 g/mol. The summed E-state index contributed by atoms with van der Waals surface area (Å²) in [4.78, 5) is 2.51. The highest BCUT2D eigenvalue weighted by Crippen LogP contribution is 2.27. The van der Waals surface area contributed by atoms with Crippen LogP contribution in [0.4, 0.5) is 0 Å². The van der Waals surface area contributed by atoms with Crippen molar-refractivity contribution in [3.63, 3.8) is 0 Å². The van der Waals surface area contributed by atoms with Crippen LogP contribution in [0.5, 0.6) is 0 Å². The first-order chi connectivity index (χ1) is 9.56. The van der Waals surface area contributed by atoms with E-state index in [9.17, 15) is 0 Å². The maximum absolute atomic E-state index is 5.64. The van der Waals surface area contributed by atoms with E-state index < -0.39 is 0 Å². The van der Waals surface area contributed by atoms with Crippen LogP contribution in [0.1, 0.15) is 57.8 Å². The average Bonchev–Trinajstić information content (AvgIpc) is 2.83. The number of nitrogens with zero attached hydrogens (tertiary/aromatic N) is 1. The quantitative estimate of drug-likeness (QED) is 0.858. The van der Waals surface area contributed by atoms with Crippen LogP contribution in [0, 0.1) is 5.92 Å². The maximum atomic E-state index is 5.64. The molecule has 114 valence electrons. The summed E-state index contributed by atoms with van der Waals surface area (Å²) < 4.78 is 5.64. The molecule has 1 aromatic heterocycles. The van der Waals surface area contributed by atoms with E-state index in [2.05, 4.69) is 44.1 Å². The van der Waals surface area contributed by atoms with Gasteiger partial charge < -0.3 is 9.73 Å². The minimum Gasteiger partial charge on any atom is -0.468 e. The third-order valence-corrected chi connectivity index (χ3v) is 4.46. The topological polar surface area (TPSA) is 28.4 Å². The van der Waals surface area contributed by atoms with Gasteiger partial charge in [0.15, 0.2) is 0 Å². The second-order valence-corrected chi connectivity index (χ2v) is 6.75. The number of rotatable bonds is 6. The minimum absolute atomic E-state index is 0.491. The van der Waals surface area contributed by atoms with Crippen LogP contribution in [0.15, 0.2) is 16.7 Å². The molecule has 0 aromatic carbocycles. The molecule has 0 spiro atoms. The van der Waals surface area contributed by atoms with Gasteiger partial charge in [0.1, 0.15) is 5.76 Å². The van der Waals surface area contributed by atoms with Crippen LogP contribution in [-0.2, 0) is 13.1 Å². The second-order valence-electron chi connectivity index (χ2n) is 6.75. The zero-order valence-corrected chi connectivity index (χ0v) is 13.5. The number of hydrogen-bond acceptors (Lipinski definition) is 3. The minimum atomic E-state index is 0.491. The fraction of sp³-hybridized carbons (Fsp3) is 0.765. The molecule has 20 heavy (non-hydrogen) atoms. The maximum Gasteiger partial charge on any atom is 0.122 e. The first-order valence-corrected chi connectivity index (χ1v) is 8.05. The van der Waals surface area contributed by atoms with E-state index in [1.54, 1.807) is 0 Å². The van der Waals surface area contributed by atoms with Gasteiger partial charge in [0.05, 0.1) is 12.8 Å². The average molecular weight is 278 g/mol. The van der Waals surface area contributed by atoms with Crippen LogP contribution >= 0.6 is 0 Å². The van der Waals surface area contributed by atoms with Gasteiger partial charge >= 0.3 is 0 Å². The second kappa shape index (κ2) is 7.28. The summed E-state index contributed by atoms with van der Waals surface area (Å²) >= 11 is 0. The Kier molecular flexibility index (Phi) is 5.67. The van der Waals surface area contributed by atoms with Crippen molar-refractivity contribution in [2.24, 2.45) is 5.92 Å². The molecule has 0 saturated heterocycles. The summed E-state index contributed by atoms with van der Waals surface area (Å²) in [6.07, 6.45) is 7.29. The zero-order chi connectivity index (χ0) is 14.5. The Balaban J connectivity index is 1.90. The molecule has 3 heteroatoms. The van der Waals surface area contributed by atoms with Crippen molar-refractivity contribution in [2.75, 3.05) is 7.05 Å². The fourth-order valence-corrected chi connectivity index (χ4v) is 3.16. The summed E-state index contributed by atoms with van der Waals surface area (Å²) in [6.45, 7) is 8.55. The lowest BCUT2D eigenvalue weighted by atomic mass is 9.86. The lowest BCUT2D eigenvalue weighted by molar-refractivity contribution is 0.157. The smallest absolute Gasteiger partial charge is 0.122 e. The molecule has 1 aliphatic rings. The fourth-order valence-electron chi connectivity index (χ4n) is 3.16. The van der Waals surface area contributed by atoms with Crippen molar-refractivity contribution >= 4 is 0 Å². The van der Waals surface area contributed by atoms with Crippen LogP contribution in [-0.4, -0.2) is 24.0 Å². The zero-order valence-electron chi connectivity index (χ0n) is 13.5. The van der Waals surface area contributed by atoms with E-state index >= 15 is 0 Å². The van der Waals surface area contributed by atoms with E-state index in [0.29, 0.717) is 6.04 Å². The first kappa shape index (κ1) is 15.6. The molecule has 1 saturated carbocycles. The SMILES string of the molecule is CC1CCCC(N(C)Cc2ccoc2CNC(C)C)C1. The van der Waals surface area contributed by atoms with E-state index in [1.165, 1.54) is 31.2 Å². The Labute approximate surface area is 123 Å². The Morgan fingerprint density at radius 3 is 2.90 bits per heavy atom. The van der Waals surface area contributed by atoms with Crippen LogP contribution in [0.2, 0.25) is 0 Å². The lowest BCUT2D eigenvalue weighted by Gasteiger charge is -2.34. The highest BCUT2D eigenvalue weighted by molar-refractivity contribution is 5.17. The molecule has 2 atom stereocenters. The molecule has 1 aromatic rings. The Morgan fingerprint density at radius 2 is 2.20 bits per heavy atom. The summed E-state index contributed by atoms with van der Waals surface area (Å²) in [6, 6.07) is 3.35. The standard InChI is InChI=1S/C17H30N2O/c1-13(2)18-11-17-15(8-9-20-17)12-19(4)16-7-5-6-14(3)10-16/h8-9,13-14,16,18H,5-7,10-12H2,1-4H3. The summed E-state index contributed by atoms with van der Waals surface area (Å²) in [5.41, 5.74) is 1.33. The van der Waals surface area contributed by atoms with Gasteiger partial charge in [-0.15, -0.1) is 0 Å². The van der Waals surface area contributed by atoms with Crippen LogP contribution < -0.4 is 5.32 Å². The first-order valence-electron chi connectivity index (χ1n) is 8.05. The Hall–Kier alpha value is -0.800. The van der Waals surface area contributed by atoms with Crippen molar-refractivity contribution in [1.82, 2.24) is 10.2 Å². The van der Waals surface area contributed by atoms with Crippen LogP contribution in [0.25, 0.3) is 0 Å². The summed E-state index contributed by atoms with van der Waals surface area (Å²) in [5.74, 6) is 1.97. The van der Waals surface area contributed by atoms with Gasteiger partial charge in [0.2, 0.25) is 0 Å². The number of furan rings is 1. The Morgan fingerprint density at radius 1 is 1.40 bits per heavy atom. The van der Waals surface area contributed by atoms with Crippen molar-refractivity contribution < 1.29 is 4.42 Å². The molecular formula is C17H30N2O. The van der Waals surface area contributed by atoms with Crippen LogP contribution in [0.3, 0.4) is 0 Å². The number of hydrogen-bond donors (Lipinski definition) is 1. The molecule has 1 fully saturated rings. The predicted octanol–water partition coefficient (Wildman–Crippen LogP) is 3.79. The summed E-state index contributed by atoms with van der Waals surface area (Å²) in [5, 5.41) is 3.44. The third kappa shape index (κ3) is 4.35. The van der Waals surface area contributed by atoms with Crippen molar-refractivity contribution in [1.29, 1.82) is 0 Å². The normalized spacial score (nSPS) is 23.7. The van der Waals surface area contributed by atoms with E-state index in [0.717, 1.165) is 30.8 Å². The molecule has 0 aliphatic heterocycles. The van der Waals surface area contributed by atoms with Gasteiger partial charge in [0.25, 0.3) is 0 Å². The molecule has 2 rings (SSSR count). The Bertz CT molecular complexity index is 399. The van der Waals surface area contributed by atoms with E-state index in [1.807, 2.05) is 6.26 Å². The molecule has 0 radical (unpaired) electrons. The number of nitrogens with one attached hydrogen (secondary N) is 1. The lowest BCUT2D eigenvalue weighted by Crippen LogP contribution is -2.35. The molecule has 2 unspecified atom stereocenters. The predicted molar refractivity (Wildman–Crippen MR) is 83.6 cm³/mol. The van der Waals surface area contributed by atoms with E-state index in [4.69, 9.17) is 4.42 Å². The molecule has 1 heterocycles. The molecule has 0 bridgehead atoms. The van der Waals surface area contributed by atoms with E-state index in [-0.39, 0.29) is 0 Å². The van der Waals surface area contributed by atoms with Crippen molar-refractivity contribution in [3.05, 3.63) is 23.7 Å². The third-order valence-electron chi connectivity index (χ3n) is 4.46. The molecule has 0 amide bonds. The monoisotopic (exact) mass is 278 g/mol. The molecule has 3 nitrogen and oxygen atoms in total. The largest absolute Gasteiger partial charge is 0.468 e. The van der Waals surface area contributed by atoms with Gasteiger partial charge in [-0.2, -0.15) is 0 Å². The van der Waals surface area contributed by atoms with Gasteiger partial charge in [-0.1, -0.05) is 33.6 Å². The highest BCUT2D eigenvalue weighted by Gasteiger charge is 2.23. The molecule has 1 aliphatic carbocycles. The highest BCUT2D eigenvalue weighted by atomic mass is 16.3. The molecule has 1 N–H and O–H groups in total.